The minimum Gasteiger partial charge on any atom is -0.481 e. The number of carbonyl (C=O) groups excluding carboxylic acids is 1. The number of halogens is 2. The van der Waals surface area contributed by atoms with E-state index in [1.807, 2.05) is 0 Å². The van der Waals surface area contributed by atoms with Crippen LogP contribution in [0.25, 0.3) is 0 Å². The van der Waals surface area contributed by atoms with Crippen LogP contribution in [0.15, 0.2) is 24.3 Å². The Balaban J connectivity index is 0.00000200. The van der Waals surface area contributed by atoms with Gasteiger partial charge in [0.05, 0.1) is 0 Å². The number of rotatable bonds is 4. The van der Waals surface area contributed by atoms with Gasteiger partial charge >= 0.3 is 0 Å². The SMILES string of the molecule is CC1CNCCC1NC(=O)COc1ccccc1F.Cl. The van der Waals surface area contributed by atoms with Gasteiger partial charge in [-0.15, -0.1) is 12.4 Å². The van der Waals surface area contributed by atoms with Crippen molar-refractivity contribution in [1.82, 2.24) is 10.6 Å². The molecule has 20 heavy (non-hydrogen) atoms. The second-order valence-corrected chi connectivity index (χ2v) is 4.86. The van der Waals surface area contributed by atoms with Crippen LogP contribution in [0.1, 0.15) is 13.3 Å². The molecule has 6 heteroatoms. The number of hydrogen-bond donors (Lipinski definition) is 2. The molecule has 0 aliphatic carbocycles. The Hall–Kier alpha value is -1.33. The van der Waals surface area contributed by atoms with Crippen LogP contribution in [-0.4, -0.2) is 31.6 Å². The first-order chi connectivity index (χ1) is 9.16. The van der Waals surface area contributed by atoms with E-state index >= 15 is 0 Å². The Labute approximate surface area is 124 Å². The van der Waals surface area contributed by atoms with E-state index in [-0.39, 0.29) is 36.7 Å². The second kappa shape index (κ2) is 8.07. The van der Waals surface area contributed by atoms with Crippen molar-refractivity contribution in [2.45, 2.75) is 19.4 Å². The van der Waals surface area contributed by atoms with E-state index in [4.69, 9.17) is 4.74 Å². The molecule has 0 saturated carbocycles. The molecule has 2 atom stereocenters. The molecule has 1 heterocycles. The fourth-order valence-corrected chi connectivity index (χ4v) is 2.18. The minimum atomic E-state index is -0.453. The first kappa shape index (κ1) is 16.7. The van der Waals surface area contributed by atoms with E-state index in [2.05, 4.69) is 17.6 Å². The molecule has 1 amide bonds. The van der Waals surface area contributed by atoms with Crippen molar-refractivity contribution in [3.63, 3.8) is 0 Å². The van der Waals surface area contributed by atoms with Crippen LogP contribution in [0.5, 0.6) is 5.75 Å². The maximum atomic E-state index is 13.3. The maximum Gasteiger partial charge on any atom is 0.258 e. The molecule has 1 saturated heterocycles. The van der Waals surface area contributed by atoms with Crippen molar-refractivity contribution < 1.29 is 13.9 Å². The molecular weight excluding hydrogens is 283 g/mol. The highest BCUT2D eigenvalue weighted by atomic mass is 35.5. The topological polar surface area (TPSA) is 50.4 Å². The summed E-state index contributed by atoms with van der Waals surface area (Å²) in [7, 11) is 0. The van der Waals surface area contributed by atoms with Gasteiger partial charge in [-0.25, -0.2) is 4.39 Å². The number of amides is 1. The molecule has 0 aromatic heterocycles. The molecule has 4 nitrogen and oxygen atoms in total. The number of piperidine rings is 1. The average molecular weight is 303 g/mol. The number of benzene rings is 1. The summed E-state index contributed by atoms with van der Waals surface area (Å²) in [5, 5.41) is 6.20. The molecule has 2 unspecified atom stereocenters. The molecular formula is C14H20ClFN2O2. The zero-order valence-electron chi connectivity index (χ0n) is 11.4. The van der Waals surface area contributed by atoms with Gasteiger partial charge in [-0.05, 0) is 37.6 Å². The van der Waals surface area contributed by atoms with Crippen molar-refractivity contribution in [2.24, 2.45) is 5.92 Å². The number of carbonyl (C=O) groups is 1. The number of hydrogen-bond acceptors (Lipinski definition) is 3. The Kier molecular flexibility index (Phi) is 6.75. The monoisotopic (exact) mass is 302 g/mol. The molecule has 2 rings (SSSR count). The van der Waals surface area contributed by atoms with E-state index in [0.717, 1.165) is 19.5 Å². The third kappa shape index (κ3) is 4.65. The summed E-state index contributed by atoms with van der Waals surface area (Å²) < 4.78 is 18.5. The van der Waals surface area contributed by atoms with Gasteiger partial charge in [-0.3, -0.25) is 4.79 Å². The molecule has 1 aromatic rings. The van der Waals surface area contributed by atoms with E-state index < -0.39 is 5.82 Å². The van der Waals surface area contributed by atoms with Crippen LogP contribution >= 0.6 is 12.4 Å². The predicted molar refractivity (Wildman–Crippen MR) is 77.7 cm³/mol. The van der Waals surface area contributed by atoms with Crippen LogP contribution in [0.3, 0.4) is 0 Å². The summed E-state index contributed by atoms with van der Waals surface area (Å²) in [4.78, 5) is 11.8. The van der Waals surface area contributed by atoms with Crippen molar-refractivity contribution in [3.8, 4) is 5.75 Å². The molecule has 112 valence electrons. The third-order valence-corrected chi connectivity index (χ3v) is 3.33. The number of para-hydroxylation sites is 1. The first-order valence-corrected chi connectivity index (χ1v) is 6.54. The highest BCUT2D eigenvalue weighted by Crippen LogP contribution is 2.15. The lowest BCUT2D eigenvalue weighted by molar-refractivity contribution is -0.124. The minimum absolute atomic E-state index is 0. The molecule has 0 radical (unpaired) electrons. The second-order valence-electron chi connectivity index (χ2n) is 4.86. The van der Waals surface area contributed by atoms with Crippen LogP contribution in [0, 0.1) is 11.7 Å². The fraction of sp³-hybridized carbons (Fsp3) is 0.500. The Morgan fingerprint density at radius 1 is 1.50 bits per heavy atom. The maximum absolute atomic E-state index is 13.3. The van der Waals surface area contributed by atoms with Gasteiger partial charge in [0.2, 0.25) is 0 Å². The van der Waals surface area contributed by atoms with Crippen molar-refractivity contribution in [1.29, 1.82) is 0 Å². The van der Waals surface area contributed by atoms with Crippen LogP contribution in [-0.2, 0) is 4.79 Å². The van der Waals surface area contributed by atoms with Gasteiger partial charge in [0.15, 0.2) is 18.2 Å². The number of nitrogens with one attached hydrogen (secondary N) is 2. The van der Waals surface area contributed by atoms with E-state index in [9.17, 15) is 9.18 Å². The lowest BCUT2D eigenvalue weighted by atomic mass is 9.95. The lowest BCUT2D eigenvalue weighted by Gasteiger charge is -2.30. The smallest absolute Gasteiger partial charge is 0.258 e. The van der Waals surface area contributed by atoms with Gasteiger partial charge in [-0.2, -0.15) is 0 Å². The Morgan fingerprint density at radius 3 is 2.95 bits per heavy atom. The van der Waals surface area contributed by atoms with E-state index in [0.29, 0.717) is 5.92 Å². The van der Waals surface area contributed by atoms with Gasteiger partial charge < -0.3 is 15.4 Å². The highest BCUT2D eigenvalue weighted by molar-refractivity contribution is 5.85. The quantitative estimate of drug-likeness (QED) is 0.891. The van der Waals surface area contributed by atoms with E-state index in [1.54, 1.807) is 12.1 Å². The van der Waals surface area contributed by atoms with Crippen molar-refractivity contribution >= 4 is 18.3 Å². The zero-order chi connectivity index (χ0) is 13.7. The van der Waals surface area contributed by atoms with Crippen LogP contribution in [0.4, 0.5) is 4.39 Å². The van der Waals surface area contributed by atoms with Gasteiger partial charge in [0, 0.05) is 6.04 Å². The fourth-order valence-electron chi connectivity index (χ4n) is 2.18. The molecule has 0 bridgehead atoms. The molecule has 2 N–H and O–H groups in total. The first-order valence-electron chi connectivity index (χ1n) is 6.54. The molecule has 0 spiro atoms. The Morgan fingerprint density at radius 2 is 2.25 bits per heavy atom. The molecule has 1 aliphatic heterocycles. The molecule has 1 fully saturated rings. The van der Waals surface area contributed by atoms with Crippen molar-refractivity contribution in [3.05, 3.63) is 30.1 Å². The highest BCUT2D eigenvalue weighted by Gasteiger charge is 2.22. The zero-order valence-corrected chi connectivity index (χ0v) is 12.2. The van der Waals surface area contributed by atoms with Gasteiger partial charge in [0.1, 0.15) is 0 Å². The summed E-state index contributed by atoms with van der Waals surface area (Å²) in [5.74, 6) is -0.158. The Bertz CT molecular complexity index is 445. The third-order valence-electron chi connectivity index (χ3n) is 3.33. The summed E-state index contributed by atoms with van der Waals surface area (Å²) >= 11 is 0. The summed E-state index contributed by atoms with van der Waals surface area (Å²) in [6.45, 7) is 3.75. The van der Waals surface area contributed by atoms with E-state index in [1.165, 1.54) is 12.1 Å². The lowest BCUT2D eigenvalue weighted by Crippen LogP contribution is -2.49. The van der Waals surface area contributed by atoms with Crippen LogP contribution < -0.4 is 15.4 Å². The summed E-state index contributed by atoms with van der Waals surface area (Å²) in [5.41, 5.74) is 0. The van der Waals surface area contributed by atoms with Gasteiger partial charge in [-0.1, -0.05) is 19.1 Å². The molecule has 1 aromatic carbocycles. The van der Waals surface area contributed by atoms with Crippen LogP contribution in [0.2, 0.25) is 0 Å². The largest absolute Gasteiger partial charge is 0.481 e. The van der Waals surface area contributed by atoms with Crippen molar-refractivity contribution in [2.75, 3.05) is 19.7 Å². The standard InChI is InChI=1S/C14H19FN2O2.ClH/c1-10-8-16-7-6-12(10)17-14(18)9-19-13-5-3-2-4-11(13)15;/h2-5,10,12,16H,6-9H2,1H3,(H,17,18);1H. The predicted octanol–water partition coefficient (Wildman–Crippen LogP) is 1.74. The number of ether oxygens (including phenoxy) is 1. The average Bonchev–Trinajstić information content (AvgIpc) is 2.40. The molecule has 1 aliphatic rings. The van der Waals surface area contributed by atoms with Gasteiger partial charge in [0.25, 0.3) is 5.91 Å². The summed E-state index contributed by atoms with van der Waals surface area (Å²) in [6.07, 6.45) is 0.909. The summed E-state index contributed by atoms with van der Waals surface area (Å²) in [6, 6.07) is 6.24. The normalized spacial score (nSPS) is 21.7.